The Morgan fingerprint density at radius 3 is 2.83 bits per heavy atom. The number of fused-ring (bicyclic) bond motifs is 2. The van der Waals surface area contributed by atoms with Gasteiger partial charge in [0.05, 0.1) is 28.0 Å². The zero-order valence-electron chi connectivity index (χ0n) is 18.4. The largest absolute Gasteiger partial charge is 0.452 e. The fourth-order valence-corrected chi connectivity index (χ4v) is 5.02. The number of rotatable bonds is 5. The van der Waals surface area contributed by atoms with Gasteiger partial charge in [0, 0.05) is 15.3 Å². The van der Waals surface area contributed by atoms with Crippen LogP contribution in [0.5, 0.6) is 0 Å². The molecule has 5 rings (SSSR count). The van der Waals surface area contributed by atoms with Gasteiger partial charge in [-0.3, -0.25) is 4.79 Å². The average molecular weight is 500 g/mol. The highest BCUT2D eigenvalue weighted by atomic mass is 35.5. The molecule has 1 amide bonds. The molecular formula is C27H18ClN3O3S. The number of halogens is 1. The van der Waals surface area contributed by atoms with Crippen LogP contribution in [0.4, 0.5) is 5.69 Å². The number of hydrogen-bond donors (Lipinski definition) is 1. The van der Waals surface area contributed by atoms with Crippen molar-refractivity contribution in [1.82, 2.24) is 4.98 Å². The van der Waals surface area contributed by atoms with Gasteiger partial charge >= 0.3 is 5.97 Å². The van der Waals surface area contributed by atoms with E-state index in [2.05, 4.69) is 11.4 Å². The van der Waals surface area contributed by atoms with Gasteiger partial charge in [-0.05, 0) is 65.8 Å². The van der Waals surface area contributed by atoms with Crippen molar-refractivity contribution in [1.29, 1.82) is 5.26 Å². The number of aromatic nitrogens is 1. The number of amides is 1. The average Bonchev–Trinajstić information content (AvgIpc) is 3.52. The molecule has 0 fully saturated rings. The Balaban J connectivity index is 1.42. The minimum atomic E-state index is -0.584. The topological polar surface area (TPSA) is 92.1 Å². The molecule has 0 atom stereocenters. The van der Waals surface area contributed by atoms with Gasteiger partial charge in [-0.2, -0.15) is 5.26 Å². The second kappa shape index (κ2) is 9.71. The molecule has 1 aliphatic rings. The van der Waals surface area contributed by atoms with E-state index in [1.807, 2.05) is 47.8 Å². The molecule has 2 aromatic carbocycles. The minimum absolute atomic E-state index is 0.261. The SMILES string of the molecule is N#Cc1ccc(Cl)cc1NC(=O)COC(=O)c1c2c(nc3ccccc13)C(=Cc1cccs1)CC2. The lowest BCUT2D eigenvalue weighted by atomic mass is 10.0. The normalized spacial score (nSPS) is 13.4. The highest BCUT2D eigenvalue weighted by Gasteiger charge is 2.28. The number of benzene rings is 2. The molecule has 0 unspecified atom stereocenters. The molecule has 2 aromatic heterocycles. The summed E-state index contributed by atoms with van der Waals surface area (Å²) in [6, 6.07) is 18.0. The summed E-state index contributed by atoms with van der Waals surface area (Å²) in [6.45, 7) is -0.500. The summed E-state index contributed by atoms with van der Waals surface area (Å²) in [5.74, 6) is -1.15. The fraction of sp³-hybridized carbons (Fsp3) is 0.111. The monoisotopic (exact) mass is 499 g/mol. The van der Waals surface area contributed by atoms with Gasteiger partial charge in [0.25, 0.3) is 5.91 Å². The van der Waals surface area contributed by atoms with Crippen molar-refractivity contribution in [2.45, 2.75) is 12.8 Å². The molecule has 35 heavy (non-hydrogen) atoms. The number of hydrogen-bond acceptors (Lipinski definition) is 6. The number of pyridine rings is 1. The molecule has 0 bridgehead atoms. The maximum absolute atomic E-state index is 13.3. The van der Waals surface area contributed by atoms with Crippen LogP contribution in [-0.2, 0) is 16.0 Å². The molecule has 0 saturated heterocycles. The van der Waals surface area contributed by atoms with Crippen LogP contribution in [0.15, 0.2) is 60.0 Å². The van der Waals surface area contributed by atoms with Crippen LogP contribution >= 0.6 is 22.9 Å². The molecule has 1 aliphatic carbocycles. The number of allylic oxidation sites excluding steroid dienone is 1. The lowest BCUT2D eigenvalue weighted by molar-refractivity contribution is -0.119. The summed E-state index contributed by atoms with van der Waals surface area (Å²) in [5, 5.41) is 14.9. The van der Waals surface area contributed by atoms with Crippen LogP contribution in [0, 0.1) is 11.3 Å². The third-order valence-corrected chi connectivity index (χ3v) is 6.77. The number of nitrogens with one attached hydrogen (secondary N) is 1. The zero-order chi connectivity index (χ0) is 24.4. The van der Waals surface area contributed by atoms with Crippen LogP contribution in [0.25, 0.3) is 22.6 Å². The number of carbonyl (C=O) groups is 2. The van der Waals surface area contributed by atoms with E-state index in [0.29, 0.717) is 27.9 Å². The molecule has 0 saturated carbocycles. The Hall–Kier alpha value is -3.99. The van der Waals surface area contributed by atoms with Crippen molar-refractivity contribution in [2.24, 2.45) is 0 Å². The minimum Gasteiger partial charge on any atom is -0.452 e. The Kier molecular flexibility index (Phi) is 6.32. The fourth-order valence-electron chi connectivity index (χ4n) is 4.16. The first kappa shape index (κ1) is 22.8. The number of nitriles is 1. The van der Waals surface area contributed by atoms with E-state index in [1.54, 1.807) is 17.4 Å². The molecule has 6 nitrogen and oxygen atoms in total. The van der Waals surface area contributed by atoms with Crippen molar-refractivity contribution in [3.8, 4) is 6.07 Å². The van der Waals surface area contributed by atoms with Crippen LogP contribution < -0.4 is 5.32 Å². The summed E-state index contributed by atoms with van der Waals surface area (Å²) in [5.41, 5.74) is 4.36. The number of anilines is 1. The smallest absolute Gasteiger partial charge is 0.339 e. The Morgan fingerprint density at radius 2 is 2.03 bits per heavy atom. The number of ether oxygens (including phenoxy) is 1. The van der Waals surface area contributed by atoms with E-state index >= 15 is 0 Å². The van der Waals surface area contributed by atoms with Gasteiger partial charge in [0.1, 0.15) is 6.07 Å². The Labute approximate surface area is 210 Å². The quantitative estimate of drug-likeness (QED) is 0.335. The Morgan fingerprint density at radius 1 is 1.17 bits per heavy atom. The van der Waals surface area contributed by atoms with Gasteiger partial charge in [-0.15, -0.1) is 11.3 Å². The van der Waals surface area contributed by atoms with Crippen molar-refractivity contribution >= 4 is 63.1 Å². The summed E-state index contributed by atoms with van der Waals surface area (Å²) in [6.07, 6.45) is 3.54. The predicted molar refractivity (Wildman–Crippen MR) is 137 cm³/mol. The number of carbonyl (C=O) groups excluding carboxylic acids is 2. The highest BCUT2D eigenvalue weighted by Crippen LogP contribution is 2.38. The van der Waals surface area contributed by atoms with Crippen molar-refractivity contribution in [3.05, 3.63) is 92.3 Å². The van der Waals surface area contributed by atoms with Gasteiger partial charge in [0.15, 0.2) is 6.61 Å². The summed E-state index contributed by atoms with van der Waals surface area (Å²) >= 11 is 7.62. The molecule has 1 N–H and O–H groups in total. The van der Waals surface area contributed by atoms with Crippen LogP contribution in [0.2, 0.25) is 5.02 Å². The van der Waals surface area contributed by atoms with E-state index in [9.17, 15) is 14.9 Å². The van der Waals surface area contributed by atoms with E-state index in [-0.39, 0.29) is 11.3 Å². The first-order valence-corrected chi connectivity index (χ1v) is 12.1. The first-order chi connectivity index (χ1) is 17.0. The van der Waals surface area contributed by atoms with E-state index in [0.717, 1.165) is 28.1 Å². The number of para-hydroxylation sites is 1. The van der Waals surface area contributed by atoms with Crippen molar-refractivity contribution < 1.29 is 14.3 Å². The van der Waals surface area contributed by atoms with Gasteiger partial charge in [-0.1, -0.05) is 35.9 Å². The molecule has 172 valence electrons. The number of thiophene rings is 1. The third-order valence-electron chi connectivity index (χ3n) is 5.72. The molecule has 2 heterocycles. The molecular weight excluding hydrogens is 482 g/mol. The van der Waals surface area contributed by atoms with Gasteiger partial charge in [-0.25, -0.2) is 9.78 Å². The summed E-state index contributed by atoms with van der Waals surface area (Å²) in [4.78, 5) is 31.7. The number of nitrogens with zero attached hydrogens (tertiary/aromatic N) is 2. The second-order valence-corrected chi connectivity index (χ2v) is 9.36. The Bertz CT molecular complexity index is 1540. The second-order valence-electron chi connectivity index (χ2n) is 7.94. The maximum Gasteiger partial charge on any atom is 0.339 e. The third kappa shape index (κ3) is 4.67. The van der Waals surface area contributed by atoms with Crippen LogP contribution in [-0.4, -0.2) is 23.5 Å². The molecule has 0 radical (unpaired) electrons. The maximum atomic E-state index is 13.3. The predicted octanol–water partition coefficient (Wildman–Crippen LogP) is 6.10. The highest BCUT2D eigenvalue weighted by molar-refractivity contribution is 7.10. The molecule has 0 aliphatic heterocycles. The van der Waals surface area contributed by atoms with E-state index < -0.39 is 18.5 Å². The lowest BCUT2D eigenvalue weighted by Gasteiger charge is -2.13. The number of esters is 1. The van der Waals surface area contributed by atoms with E-state index in [4.69, 9.17) is 21.3 Å². The molecule has 0 spiro atoms. The van der Waals surface area contributed by atoms with Crippen LogP contribution in [0.3, 0.4) is 0 Å². The van der Waals surface area contributed by atoms with Crippen molar-refractivity contribution in [2.75, 3.05) is 11.9 Å². The van der Waals surface area contributed by atoms with E-state index in [1.165, 1.54) is 12.1 Å². The first-order valence-electron chi connectivity index (χ1n) is 10.9. The lowest BCUT2D eigenvalue weighted by Crippen LogP contribution is -2.22. The van der Waals surface area contributed by atoms with Gasteiger partial charge in [0.2, 0.25) is 0 Å². The van der Waals surface area contributed by atoms with Crippen molar-refractivity contribution in [3.63, 3.8) is 0 Å². The summed E-state index contributed by atoms with van der Waals surface area (Å²) in [7, 11) is 0. The standard InChI is InChI=1S/C27H18ClN3O3S/c28-18-9-7-17(14-29)23(13-18)30-24(32)15-34-27(33)25-20-5-1-2-6-22(20)31-26-16(8-10-21(25)26)12-19-4-3-11-35-19/h1-7,9,11-13H,8,10,15H2,(H,30,32). The summed E-state index contributed by atoms with van der Waals surface area (Å²) < 4.78 is 5.43. The molecule has 8 heteroatoms. The van der Waals surface area contributed by atoms with Gasteiger partial charge < -0.3 is 10.1 Å². The van der Waals surface area contributed by atoms with Crippen LogP contribution in [0.1, 0.15) is 38.5 Å². The zero-order valence-corrected chi connectivity index (χ0v) is 19.9. The molecule has 4 aromatic rings.